The number of nitrogens with zero attached hydrogens (tertiary/aromatic N) is 1. The van der Waals surface area contributed by atoms with E-state index < -0.39 is 41.0 Å². The van der Waals surface area contributed by atoms with Gasteiger partial charge in [0.25, 0.3) is 11.7 Å². The molecule has 1 aliphatic heterocycles. The van der Waals surface area contributed by atoms with Crippen molar-refractivity contribution in [2.24, 2.45) is 0 Å². The molecule has 1 atom stereocenters. The lowest BCUT2D eigenvalue weighted by molar-refractivity contribution is -0.137. The Morgan fingerprint density at radius 2 is 1.65 bits per heavy atom. The number of benzene rings is 3. The van der Waals surface area contributed by atoms with Crippen LogP contribution in [0.2, 0.25) is 0 Å². The molecule has 3 aromatic rings. The van der Waals surface area contributed by atoms with Crippen LogP contribution in [0.5, 0.6) is 0 Å². The van der Waals surface area contributed by atoms with Gasteiger partial charge in [0.2, 0.25) is 0 Å². The van der Waals surface area contributed by atoms with Crippen molar-refractivity contribution in [2.75, 3.05) is 4.90 Å². The number of Topliss-reactive ketones (excluding diaryl/α,β-unsaturated/α-hetero) is 1. The third kappa shape index (κ3) is 4.07. The molecule has 0 radical (unpaired) electrons. The Kier molecular flexibility index (Phi) is 5.77. The first-order chi connectivity index (χ1) is 16.0. The quantitative estimate of drug-likeness (QED) is 0.219. The molecular formula is C26H19F4NO3. The van der Waals surface area contributed by atoms with Crippen LogP contribution < -0.4 is 4.90 Å². The van der Waals surface area contributed by atoms with Crippen molar-refractivity contribution < 1.29 is 32.3 Å². The van der Waals surface area contributed by atoms with Crippen molar-refractivity contribution in [3.05, 3.63) is 106 Å². The number of anilines is 1. The number of carbonyl (C=O) groups excluding carboxylic acids is 2. The number of aliphatic hydroxyl groups excluding tert-OH is 1. The van der Waals surface area contributed by atoms with Gasteiger partial charge in [0, 0.05) is 11.3 Å². The lowest BCUT2D eigenvalue weighted by Gasteiger charge is -2.26. The van der Waals surface area contributed by atoms with Gasteiger partial charge in [-0.2, -0.15) is 13.2 Å². The Hall–Kier alpha value is -3.94. The van der Waals surface area contributed by atoms with Gasteiger partial charge in [-0.1, -0.05) is 35.9 Å². The highest BCUT2D eigenvalue weighted by Crippen LogP contribution is 2.43. The van der Waals surface area contributed by atoms with Crippen molar-refractivity contribution in [1.29, 1.82) is 0 Å². The Bertz CT molecular complexity index is 1340. The van der Waals surface area contributed by atoms with Gasteiger partial charge < -0.3 is 5.11 Å². The fraction of sp³-hybridized carbons (Fsp3) is 0.154. The molecule has 1 N–H and O–H groups in total. The maximum absolute atomic E-state index is 13.8. The van der Waals surface area contributed by atoms with Gasteiger partial charge in [0.05, 0.1) is 17.2 Å². The zero-order valence-corrected chi connectivity index (χ0v) is 18.2. The largest absolute Gasteiger partial charge is 0.507 e. The Balaban J connectivity index is 1.97. The van der Waals surface area contributed by atoms with E-state index in [1.54, 1.807) is 31.2 Å². The molecule has 174 valence electrons. The SMILES string of the molecule is Cc1cccc(C2/C(=C(\O)c3ccc(F)c(C)c3)C(=O)C(=O)N2c2cccc(C(F)(F)F)c2)c1. The zero-order valence-electron chi connectivity index (χ0n) is 18.2. The minimum absolute atomic E-state index is 0.110. The van der Waals surface area contributed by atoms with E-state index >= 15 is 0 Å². The van der Waals surface area contributed by atoms with Crippen molar-refractivity contribution in [2.45, 2.75) is 26.1 Å². The molecule has 0 aromatic heterocycles. The summed E-state index contributed by atoms with van der Waals surface area (Å²) in [7, 11) is 0. The molecular weight excluding hydrogens is 450 g/mol. The van der Waals surface area contributed by atoms with E-state index in [9.17, 15) is 32.3 Å². The van der Waals surface area contributed by atoms with Gasteiger partial charge in [0.15, 0.2) is 0 Å². The van der Waals surface area contributed by atoms with Crippen LogP contribution in [0.25, 0.3) is 5.76 Å². The van der Waals surface area contributed by atoms with Crippen LogP contribution in [0, 0.1) is 19.7 Å². The van der Waals surface area contributed by atoms with E-state index in [0.717, 1.165) is 34.7 Å². The zero-order chi connectivity index (χ0) is 24.8. The molecule has 0 bridgehead atoms. The number of rotatable bonds is 3. The number of alkyl halides is 3. The van der Waals surface area contributed by atoms with Crippen molar-refractivity contribution in [3.8, 4) is 0 Å². The molecule has 3 aromatic carbocycles. The predicted molar refractivity (Wildman–Crippen MR) is 119 cm³/mol. The first-order valence-electron chi connectivity index (χ1n) is 10.3. The van der Waals surface area contributed by atoms with Crippen molar-refractivity contribution in [3.63, 3.8) is 0 Å². The standard InChI is InChI=1S/C26H19F4NO3/c1-14-5-3-6-16(11-14)22-21(23(32)17-9-10-20(27)15(2)12-17)24(33)25(34)31(22)19-8-4-7-18(13-19)26(28,29)30/h3-13,22,32H,1-2H3/b23-21+. The van der Waals surface area contributed by atoms with E-state index in [4.69, 9.17) is 0 Å². The molecule has 1 amide bonds. The summed E-state index contributed by atoms with van der Waals surface area (Å²) in [5.74, 6) is -3.19. The Morgan fingerprint density at radius 3 is 2.29 bits per heavy atom. The summed E-state index contributed by atoms with van der Waals surface area (Å²) in [6, 6.07) is 13.4. The molecule has 1 saturated heterocycles. The predicted octanol–water partition coefficient (Wildman–Crippen LogP) is 6.09. The summed E-state index contributed by atoms with van der Waals surface area (Å²) in [5.41, 5.74) is 0.115. The maximum atomic E-state index is 13.8. The van der Waals surface area contributed by atoms with Gasteiger partial charge in [-0.15, -0.1) is 0 Å². The minimum atomic E-state index is -4.66. The molecule has 0 aliphatic carbocycles. The second kappa shape index (κ2) is 8.44. The molecule has 8 heteroatoms. The van der Waals surface area contributed by atoms with Gasteiger partial charge in [-0.05, 0) is 61.4 Å². The first-order valence-corrected chi connectivity index (χ1v) is 10.3. The van der Waals surface area contributed by atoms with Gasteiger partial charge in [-0.25, -0.2) is 4.39 Å². The molecule has 0 saturated carbocycles. The summed E-state index contributed by atoms with van der Waals surface area (Å²) < 4.78 is 53.8. The van der Waals surface area contributed by atoms with Crippen LogP contribution in [-0.4, -0.2) is 16.8 Å². The van der Waals surface area contributed by atoms with Crippen LogP contribution >= 0.6 is 0 Å². The minimum Gasteiger partial charge on any atom is -0.507 e. The maximum Gasteiger partial charge on any atom is 0.416 e. The molecule has 1 aliphatic rings. The fourth-order valence-electron chi connectivity index (χ4n) is 4.03. The highest BCUT2D eigenvalue weighted by molar-refractivity contribution is 6.51. The normalized spacial score (nSPS) is 17.9. The Labute approximate surface area is 192 Å². The smallest absolute Gasteiger partial charge is 0.416 e. The van der Waals surface area contributed by atoms with Gasteiger partial charge in [0.1, 0.15) is 11.6 Å². The number of hydrogen-bond acceptors (Lipinski definition) is 3. The van der Waals surface area contributed by atoms with E-state index in [2.05, 4.69) is 0 Å². The van der Waals surface area contributed by atoms with Crippen molar-refractivity contribution >= 4 is 23.1 Å². The molecule has 1 unspecified atom stereocenters. The molecule has 1 fully saturated rings. The summed E-state index contributed by atoms with van der Waals surface area (Å²) in [6.45, 7) is 3.26. The monoisotopic (exact) mass is 469 g/mol. The summed E-state index contributed by atoms with van der Waals surface area (Å²) in [6.07, 6.45) is -4.66. The van der Waals surface area contributed by atoms with Gasteiger partial charge in [-0.3, -0.25) is 14.5 Å². The summed E-state index contributed by atoms with van der Waals surface area (Å²) in [4.78, 5) is 27.1. The summed E-state index contributed by atoms with van der Waals surface area (Å²) >= 11 is 0. The van der Waals surface area contributed by atoms with Crippen LogP contribution in [-0.2, 0) is 15.8 Å². The highest BCUT2D eigenvalue weighted by Gasteiger charge is 2.47. The topological polar surface area (TPSA) is 57.6 Å². The van der Waals surface area contributed by atoms with Gasteiger partial charge >= 0.3 is 6.18 Å². The summed E-state index contributed by atoms with van der Waals surface area (Å²) in [5, 5.41) is 11.1. The fourth-order valence-corrected chi connectivity index (χ4v) is 4.03. The Morgan fingerprint density at radius 1 is 0.941 bits per heavy atom. The average molecular weight is 469 g/mol. The van der Waals surface area contributed by atoms with Crippen LogP contribution in [0.15, 0.2) is 72.3 Å². The molecule has 4 nitrogen and oxygen atoms in total. The van der Waals surface area contributed by atoms with E-state index in [1.807, 2.05) is 0 Å². The number of hydrogen-bond donors (Lipinski definition) is 1. The molecule has 1 heterocycles. The lowest BCUT2D eigenvalue weighted by atomic mass is 9.94. The number of ketones is 1. The second-order valence-electron chi connectivity index (χ2n) is 8.10. The molecule has 4 rings (SSSR count). The van der Waals surface area contributed by atoms with Crippen molar-refractivity contribution in [1.82, 2.24) is 0 Å². The highest BCUT2D eigenvalue weighted by atomic mass is 19.4. The van der Waals surface area contributed by atoms with Crippen LogP contribution in [0.3, 0.4) is 0 Å². The number of aliphatic hydroxyl groups is 1. The molecule has 0 spiro atoms. The number of amides is 1. The lowest BCUT2D eigenvalue weighted by Crippen LogP contribution is -2.29. The molecule has 34 heavy (non-hydrogen) atoms. The van der Waals surface area contributed by atoms with E-state index in [-0.39, 0.29) is 22.4 Å². The van der Waals surface area contributed by atoms with E-state index in [1.165, 1.54) is 25.1 Å². The number of carbonyl (C=O) groups is 2. The van der Waals surface area contributed by atoms with E-state index in [0.29, 0.717) is 5.56 Å². The van der Waals surface area contributed by atoms with Crippen LogP contribution in [0.1, 0.15) is 33.9 Å². The van der Waals surface area contributed by atoms with Crippen LogP contribution in [0.4, 0.5) is 23.2 Å². The number of halogens is 4. The third-order valence-electron chi connectivity index (χ3n) is 5.69. The second-order valence-corrected chi connectivity index (χ2v) is 8.10. The average Bonchev–Trinajstić information content (AvgIpc) is 3.05. The third-order valence-corrected chi connectivity index (χ3v) is 5.69. The number of aryl methyl sites for hydroxylation is 2. The first kappa shape index (κ1) is 23.2.